The third-order valence-corrected chi connectivity index (χ3v) is 3.79. The SMILES string of the molecule is O=S1CCC(NCCCCO)CC1. The number of nitrogens with one attached hydrogen (secondary N) is 1. The lowest BCUT2D eigenvalue weighted by Gasteiger charge is -2.22. The van der Waals surface area contributed by atoms with Gasteiger partial charge in [-0.05, 0) is 32.2 Å². The molecule has 0 atom stereocenters. The minimum atomic E-state index is -0.550. The summed E-state index contributed by atoms with van der Waals surface area (Å²) in [4.78, 5) is 0. The molecule has 3 nitrogen and oxygen atoms in total. The van der Waals surface area contributed by atoms with E-state index in [1.165, 1.54) is 0 Å². The van der Waals surface area contributed by atoms with E-state index in [0.29, 0.717) is 6.04 Å². The highest BCUT2D eigenvalue weighted by molar-refractivity contribution is 7.85. The zero-order chi connectivity index (χ0) is 9.52. The molecule has 1 saturated heterocycles. The smallest absolute Gasteiger partial charge is 0.0431 e. The molecule has 0 unspecified atom stereocenters. The molecule has 78 valence electrons. The van der Waals surface area contributed by atoms with Gasteiger partial charge in [-0.1, -0.05) is 0 Å². The second kappa shape index (κ2) is 6.51. The number of hydrogen-bond acceptors (Lipinski definition) is 3. The molecule has 4 heteroatoms. The van der Waals surface area contributed by atoms with Gasteiger partial charge in [-0.3, -0.25) is 4.21 Å². The molecule has 0 radical (unpaired) electrons. The quantitative estimate of drug-likeness (QED) is 0.633. The van der Waals surface area contributed by atoms with Crippen LogP contribution in [0.5, 0.6) is 0 Å². The summed E-state index contributed by atoms with van der Waals surface area (Å²) in [5.74, 6) is 1.72. The Kier molecular flexibility index (Phi) is 5.58. The molecule has 1 fully saturated rings. The highest BCUT2D eigenvalue weighted by atomic mass is 32.2. The van der Waals surface area contributed by atoms with Crippen LogP contribution < -0.4 is 5.32 Å². The van der Waals surface area contributed by atoms with Crippen molar-refractivity contribution in [1.82, 2.24) is 5.32 Å². The second-order valence-corrected chi connectivity index (χ2v) is 5.20. The van der Waals surface area contributed by atoms with Crippen LogP contribution in [0.15, 0.2) is 0 Å². The Balaban J connectivity index is 1.99. The third-order valence-electron chi connectivity index (χ3n) is 2.41. The van der Waals surface area contributed by atoms with E-state index in [2.05, 4.69) is 5.32 Å². The van der Waals surface area contributed by atoms with Crippen LogP contribution in [0.1, 0.15) is 25.7 Å². The first-order chi connectivity index (χ1) is 6.33. The van der Waals surface area contributed by atoms with Gasteiger partial charge >= 0.3 is 0 Å². The zero-order valence-electron chi connectivity index (χ0n) is 8.00. The molecule has 1 rings (SSSR count). The van der Waals surface area contributed by atoms with Crippen LogP contribution in [-0.2, 0) is 10.8 Å². The predicted octanol–water partition coefficient (Wildman–Crippen LogP) is 0.260. The van der Waals surface area contributed by atoms with Gasteiger partial charge in [-0.15, -0.1) is 0 Å². The fraction of sp³-hybridized carbons (Fsp3) is 1.00. The van der Waals surface area contributed by atoms with Crippen molar-refractivity contribution >= 4 is 10.8 Å². The van der Waals surface area contributed by atoms with Crippen molar-refractivity contribution < 1.29 is 9.32 Å². The molecule has 1 heterocycles. The molecule has 0 spiro atoms. The number of aliphatic hydroxyl groups excluding tert-OH is 1. The van der Waals surface area contributed by atoms with Crippen molar-refractivity contribution in [3.63, 3.8) is 0 Å². The highest BCUT2D eigenvalue weighted by Crippen LogP contribution is 2.08. The first-order valence-electron chi connectivity index (χ1n) is 5.02. The number of aliphatic hydroxyl groups is 1. The first kappa shape index (κ1) is 11.1. The second-order valence-electron chi connectivity index (χ2n) is 3.51. The fourth-order valence-electron chi connectivity index (χ4n) is 1.54. The Morgan fingerprint density at radius 1 is 1.31 bits per heavy atom. The Hall–Kier alpha value is 0.0700. The Morgan fingerprint density at radius 3 is 2.62 bits per heavy atom. The summed E-state index contributed by atoms with van der Waals surface area (Å²) < 4.78 is 11.0. The Labute approximate surface area is 82.4 Å². The van der Waals surface area contributed by atoms with Crippen molar-refractivity contribution in [2.75, 3.05) is 24.7 Å². The molecular weight excluding hydrogens is 186 g/mol. The van der Waals surface area contributed by atoms with E-state index < -0.39 is 10.8 Å². The van der Waals surface area contributed by atoms with Gasteiger partial charge in [0.25, 0.3) is 0 Å². The third kappa shape index (κ3) is 4.74. The van der Waals surface area contributed by atoms with Gasteiger partial charge in [0.1, 0.15) is 0 Å². The van der Waals surface area contributed by atoms with Gasteiger partial charge in [0.15, 0.2) is 0 Å². The van der Waals surface area contributed by atoms with Gasteiger partial charge in [0, 0.05) is 35.0 Å². The predicted molar refractivity (Wildman–Crippen MR) is 55.2 cm³/mol. The van der Waals surface area contributed by atoms with Crippen molar-refractivity contribution in [1.29, 1.82) is 0 Å². The standard InChI is InChI=1S/C9H19NO2S/c11-6-2-1-5-10-9-3-7-13(12)8-4-9/h9-11H,1-8H2. The molecule has 13 heavy (non-hydrogen) atoms. The average Bonchev–Trinajstić information content (AvgIpc) is 2.15. The topological polar surface area (TPSA) is 49.3 Å². The van der Waals surface area contributed by atoms with Crippen LogP contribution in [0.4, 0.5) is 0 Å². The Bertz CT molecular complexity index is 154. The molecule has 0 saturated carbocycles. The lowest BCUT2D eigenvalue weighted by Crippen LogP contribution is -2.36. The van der Waals surface area contributed by atoms with Gasteiger partial charge in [-0.25, -0.2) is 0 Å². The average molecular weight is 205 g/mol. The summed E-state index contributed by atoms with van der Waals surface area (Å²) in [6, 6.07) is 0.566. The monoisotopic (exact) mass is 205 g/mol. The zero-order valence-corrected chi connectivity index (χ0v) is 8.81. The van der Waals surface area contributed by atoms with Crippen molar-refractivity contribution in [2.24, 2.45) is 0 Å². The molecule has 2 N–H and O–H groups in total. The molecule has 0 aromatic carbocycles. The molecule has 0 bridgehead atoms. The van der Waals surface area contributed by atoms with Crippen LogP contribution in [0.25, 0.3) is 0 Å². The molecule has 0 amide bonds. The molecule has 1 aliphatic rings. The van der Waals surface area contributed by atoms with Gasteiger partial charge in [0.2, 0.25) is 0 Å². The first-order valence-corrected chi connectivity index (χ1v) is 6.51. The van der Waals surface area contributed by atoms with Crippen LogP contribution in [0.3, 0.4) is 0 Å². The van der Waals surface area contributed by atoms with Gasteiger partial charge in [-0.2, -0.15) is 0 Å². The molecule has 0 aliphatic carbocycles. The van der Waals surface area contributed by atoms with Crippen molar-refractivity contribution in [2.45, 2.75) is 31.7 Å². The van der Waals surface area contributed by atoms with Crippen LogP contribution >= 0.6 is 0 Å². The molecule has 0 aromatic rings. The maximum Gasteiger partial charge on any atom is 0.0431 e. The fourth-order valence-corrected chi connectivity index (χ4v) is 2.84. The summed E-state index contributed by atoms with van der Waals surface area (Å²) in [5.41, 5.74) is 0. The maximum atomic E-state index is 11.0. The summed E-state index contributed by atoms with van der Waals surface area (Å²) in [6.07, 6.45) is 4.01. The number of rotatable bonds is 5. The number of hydrogen-bond donors (Lipinski definition) is 2. The summed E-state index contributed by atoms with van der Waals surface area (Å²) in [6.45, 7) is 1.27. The van der Waals surface area contributed by atoms with Crippen molar-refractivity contribution in [3.8, 4) is 0 Å². The normalized spacial score (nSPS) is 29.0. The van der Waals surface area contributed by atoms with E-state index in [1.54, 1.807) is 0 Å². The van der Waals surface area contributed by atoms with Crippen LogP contribution in [0.2, 0.25) is 0 Å². The highest BCUT2D eigenvalue weighted by Gasteiger charge is 2.16. The van der Waals surface area contributed by atoms with E-state index in [1.807, 2.05) is 0 Å². The minimum Gasteiger partial charge on any atom is -0.396 e. The lowest BCUT2D eigenvalue weighted by molar-refractivity contribution is 0.282. The maximum absolute atomic E-state index is 11.0. The minimum absolute atomic E-state index is 0.288. The molecular formula is C9H19NO2S. The number of unbranched alkanes of at least 4 members (excludes halogenated alkanes) is 1. The summed E-state index contributed by atoms with van der Waals surface area (Å²) in [7, 11) is -0.550. The Morgan fingerprint density at radius 2 is 2.00 bits per heavy atom. The molecule has 0 aromatic heterocycles. The van der Waals surface area contributed by atoms with Gasteiger partial charge in [0.05, 0.1) is 0 Å². The lowest BCUT2D eigenvalue weighted by atomic mass is 10.1. The van der Waals surface area contributed by atoms with Gasteiger partial charge < -0.3 is 10.4 Å². The van der Waals surface area contributed by atoms with Crippen LogP contribution in [0, 0.1) is 0 Å². The van der Waals surface area contributed by atoms with Crippen LogP contribution in [-0.4, -0.2) is 40.0 Å². The van der Waals surface area contributed by atoms with E-state index in [-0.39, 0.29) is 6.61 Å². The van der Waals surface area contributed by atoms with E-state index in [0.717, 1.165) is 43.7 Å². The molecule has 1 aliphatic heterocycles. The summed E-state index contributed by atoms with van der Waals surface area (Å²) in [5, 5.41) is 12.0. The largest absolute Gasteiger partial charge is 0.396 e. The van der Waals surface area contributed by atoms with E-state index >= 15 is 0 Å². The van der Waals surface area contributed by atoms with Crippen molar-refractivity contribution in [3.05, 3.63) is 0 Å². The van der Waals surface area contributed by atoms with E-state index in [4.69, 9.17) is 5.11 Å². The van der Waals surface area contributed by atoms with E-state index in [9.17, 15) is 4.21 Å². The summed E-state index contributed by atoms with van der Waals surface area (Å²) >= 11 is 0.